The molecule has 1 saturated heterocycles. The van der Waals surface area contributed by atoms with E-state index in [2.05, 4.69) is 13.8 Å². The molecule has 0 radical (unpaired) electrons. The van der Waals surface area contributed by atoms with Gasteiger partial charge in [-0.25, -0.2) is 0 Å². The number of hydrogen-bond donors (Lipinski definition) is 4. The zero-order valence-electron chi connectivity index (χ0n) is 24.5. The SMILES string of the molecule is [2H]C([2H])([2H])[C@H]([C@@H](O)[C@H](O)[C@@H](C)C(C)C)[C@H]1CC[C@H]2[C@@H]3COC(=O)[C@H]4C[C@H](O)[C@H](O)C[C@]4(C)[C@H]3CC[C@]12C. The van der Waals surface area contributed by atoms with Crippen LogP contribution in [0.25, 0.3) is 0 Å². The minimum absolute atomic E-state index is 0.0269. The van der Waals surface area contributed by atoms with Gasteiger partial charge in [-0.3, -0.25) is 4.79 Å². The molecular formula is C28H48O6. The largest absolute Gasteiger partial charge is 0.465 e. The van der Waals surface area contributed by atoms with Gasteiger partial charge in [0.2, 0.25) is 0 Å². The summed E-state index contributed by atoms with van der Waals surface area (Å²) in [7, 11) is 0. The van der Waals surface area contributed by atoms with Crippen LogP contribution in [-0.4, -0.2) is 57.4 Å². The van der Waals surface area contributed by atoms with E-state index in [0.29, 0.717) is 12.8 Å². The van der Waals surface area contributed by atoms with Crippen molar-refractivity contribution in [1.29, 1.82) is 0 Å². The molecule has 4 aliphatic rings. The summed E-state index contributed by atoms with van der Waals surface area (Å²) in [5.41, 5.74) is -0.875. The molecule has 0 amide bonds. The maximum atomic E-state index is 13.1. The molecule has 1 aliphatic heterocycles. The lowest BCUT2D eigenvalue weighted by atomic mass is 9.48. The second-order valence-electron chi connectivity index (χ2n) is 13.0. The molecule has 3 saturated carbocycles. The summed E-state index contributed by atoms with van der Waals surface area (Å²) in [6.07, 6.45) is -0.802. The van der Waals surface area contributed by atoms with E-state index < -0.39 is 48.5 Å². The molecule has 0 spiro atoms. The predicted octanol–water partition coefficient (Wildman–Crippen LogP) is 3.39. The Morgan fingerprint density at radius 3 is 2.32 bits per heavy atom. The normalized spacial score (nSPS) is 49.8. The molecule has 13 atom stereocenters. The van der Waals surface area contributed by atoms with Crippen molar-refractivity contribution in [1.82, 2.24) is 0 Å². The molecule has 0 unspecified atom stereocenters. The van der Waals surface area contributed by atoms with Gasteiger partial charge in [-0.15, -0.1) is 0 Å². The fourth-order valence-corrected chi connectivity index (χ4v) is 8.58. The summed E-state index contributed by atoms with van der Waals surface area (Å²) in [5.74, 6) is -2.00. The topological polar surface area (TPSA) is 107 Å². The number of fused-ring (bicyclic) bond motifs is 5. The fourth-order valence-electron chi connectivity index (χ4n) is 8.58. The standard InChI is InChI=1S/C28H48O6/c1-14(2)15(3)24(31)25(32)16(4)18-7-8-19-17-13-34-26(33)21-11-22(29)23(30)12-28(21,6)20(17)9-10-27(18,19)5/h14-25,29-32H,7-13H2,1-6H3/t15-,16-,17-,18+,19-,20-,21+,22-,23+,24+,25+,27+,28+/m0/s1/i4D3. The number of esters is 1. The number of ether oxygens (including phenoxy) is 1. The first-order valence-corrected chi connectivity index (χ1v) is 13.4. The van der Waals surface area contributed by atoms with Crippen LogP contribution in [0.5, 0.6) is 0 Å². The molecule has 3 aliphatic carbocycles. The number of carbonyl (C=O) groups is 1. The van der Waals surface area contributed by atoms with Gasteiger partial charge < -0.3 is 25.2 Å². The average Bonchev–Trinajstić information content (AvgIpc) is 3.09. The van der Waals surface area contributed by atoms with Crippen molar-refractivity contribution in [3.63, 3.8) is 0 Å². The number of rotatable bonds is 5. The lowest BCUT2D eigenvalue weighted by Crippen LogP contribution is -2.55. The Balaban J connectivity index is 1.66. The molecule has 0 bridgehead atoms. The second kappa shape index (κ2) is 9.32. The Morgan fingerprint density at radius 2 is 1.68 bits per heavy atom. The van der Waals surface area contributed by atoms with Crippen LogP contribution in [0.2, 0.25) is 0 Å². The van der Waals surface area contributed by atoms with Crippen molar-refractivity contribution < 1.29 is 34.1 Å². The van der Waals surface area contributed by atoms with Gasteiger partial charge in [-0.05, 0) is 90.8 Å². The van der Waals surface area contributed by atoms with E-state index >= 15 is 0 Å². The van der Waals surface area contributed by atoms with Gasteiger partial charge in [0.05, 0.1) is 36.9 Å². The highest BCUT2D eigenvalue weighted by molar-refractivity contribution is 5.74. The van der Waals surface area contributed by atoms with E-state index in [0.717, 1.165) is 19.3 Å². The van der Waals surface area contributed by atoms with Gasteiger partial charge in [0.1, 0.15) is 0 Å². The molecule has 1 heterocycles. The predicted molar refractivity (Wildman–Crippen MR) is 130 cm³/mol. The highest BCUT2D eigenvalue weighted by Crippen LogP contribution is 2.66. The quantitative estimate of drug-likeness (QED) is 0.447. The third-order valence-electron chi connectivity index (χ3n) is 11.2. The van der Waals surface area contributed by atoms with E-state index in [4.69, 9.17) is 8.85 Å². The third-order valence-corrected chi connectivity index (χ3v) is 11.2. The minimum Gasteiger partial charge on any atom is -0.465 e. The van der Waals surface area contributed by atoms with E-state index in [-0.39, 0.29) is 59.9 Å². The van der Waals surface area contributed by atoms with E-state index in [1.807, 2.05) is 20.8 Å². The Labute approximate surface area is 209 Å². The number of cyclic esters (lactones) is 1. The summed E-state index contributed by atoms with van der Waals surface area (Å²) in [5, 5.41) is 43.2. The van der Waals surface area contributed by atoms with Crippen LogP contribution in [0, 0.1) is 58.2 Å². The molecule has 4 N–H and O–H groups in total. The molecule has 6 nitrogen and oxygen atoms in total. The van der Waals surface area contributed by atoms with Gasteiger partial charge in [0.25, 0.3) is 0 Å². The van der Waals surface area contributed by atoms with Gasteiger partial charge in [0, 0.05) is 4.11 Å². The summed E-state index contributed by atoms with van der Waals surface area (Å²) >= 11 is 0. The second-order valence-corrected chi connectivity index (χ2v) is 13.0. The van der Waals surface area contributed by atoms with Gasteiger partial charge in [0.15, 0.2) is 0 Å². The Kier molecular flexibility index (Phi) is 6.17. The van der Waals surface area contributed by atoms with Crippen molar-refractivity contribution in [3.05, 3.63) is 0 Å². The highest BCUT2D eigenvalue weighted by Gasteiger charge is 2.63. The van der Waals surface area contributed by atoms with Crippen LogP contribution in [-0.2, 0) is 9.53 Å². The number of aliphatic hydroxyl groups excluding tert-OH is 4. The summed E-state index contributed by atoms with van der Waals surface area (Å²) in [4.78, 5) is 13.1. The van der Waals surface area contributed by atoms with Crippen LogP contribution in [0.4, 0.5) is 0 Å². The summed E-state index contributed by atoms with van der Waals surface area (Å²) in [6, 6.07) is 0. The average molecular weight is 484 g/mol. The van der Waals surface area contributed by atoms with Gasteiger partial charge >= 0.3 is 5.97 Å². The summed E-state index contributed by atoms with van der Waals surface area (Å²) < 4.78 is 31.0. The molecule has 4 rings (SSSR count). The molecule has 0 aromatic rings. The Hall–Kier alpha value is -0.690. The lowest BCUT2D eigenvalue weighted by Gasteiger charge is -2.56. The van der Waals surface area contributed by atoms with Crippen molar-refractivity contribution in [2.75, 3.05) is 6.61 Å². The molecular weight excluding hydrogens is 432 g/mol. The fraction of sp³-hybridized carbons (Fsp3) is 0.964. The molecule has 0 aromatic carbocycles. The maximum absolute atomic E-state index is 13.1. The van der Waals surface area contributed by atoms with Crippen molar-refractivity contribution in [2.45, 2.75) is 104 Å². The first-order valence-electron chi connectivity index (χ1n) is 14.9. The lowest BCUT2D eigenvalue weighted by molar-refractivity contribution is -0.162. The van der Waals surface area contributed by atoms with Crippen LogP contribution in [0.1, 0.15) is 84.1 Å². The molecule has 34 heavy (non-hydrogen) atoms. The van der Waals surface area contributed by atoms with Crippen LogP contribution < -0.4 is 0 Å². The maximum Gasteiger partial charge on any atom is 0.309 e. The van der Waals surface area contributed by atoms with Crippen LogP contribution in [0.15, 0.2) is 0 Å². The smallest absolute Gasteiger partial charge is 0.309 e. The van der Waals surface area contributed by atoms with E-state index in [1.165, 1.54) is 0 Å². The zero-order chi connectivity index (χ0) is 27.7. The number of aliphatic hydroxyl groups is 4. The Morgan fingerprint density at radius 1 is 1.00 bits per heavy atom. The van der Waals surface area contributed by atoms with E-state index in [9.17, 15) is 25.2 Å². The first-order chi connectivity index (χ1) is 17.0. The first kappa shape index (κ1) is 22.5. The van der Waals surface area contributed by atoms with Crippen LogP contribution in [0.3, 0.4) is 0 Å². The molecule has 0 aromatic heterocycles. The Bertz CT molecular complexity index is 850. The summed E-state index contributed by atoms with van der Waals surface area (Å²) in [6.45, 7) is 7.82. The monoisotopic (exact) mass is 483 g/mol. The highest BCUT2D eigenvalue weighted by atomic mass is 16.5. The van der Waals surface area contributed by atoms with Gasteiger partial charge in [-0.1, -0.05) is 41.5 Å². The van der Waals surface area contributed by atoms with Crippen molar-refractivity contribution in [3.8, 4) is 0 Å². The van der Waals surface area contributed by atoms with E-state index in [1.54, 1.807) is 0 Å². The van der Waals surface area contributed by atoms with Crippen molar-refractivity contribution in [2.24, 2.45) is 58.2 Å². The zero-order valence-corrected chi connectivity index (χ0v) is 21.5. The molecule has 6 heteroatoms. The molecule has 4 fully saturated rings. The van der Waals surface area contributed by atoms with Gasteiger partial charge in [-0.2, -0.15) is 0 Å². The number of carbonyl (C=O) groups excluding carboxylic acids is 1. The molecule has 196 valence electrons. The third kappa shape index (κ3) is 4.05. The van der Waals surface area contributed by atoms with Crippen molar-refractivity contribution >= 4 is 5.97 Å². The van der Waals surface area contributed by atoms with Crippen LogP contribution >= 0.6 is 0 Å². The number of hydrogen-bond acceptors (Lipinski definition) is 6. The minimum atomic E-state index is -2.42.